The highest BCUT2D eigenvalue weighted by Gasteiger charge is 2.16. The molecule has 0 radical (unpaired) electrons. The van der Waals surface area contributed by atoms with Crippen molar-refractivity contribution in [1.29, 1.82) is 0 Å². The number of nitro benzene ring substituents is 1. The van der Waals surface area contributed by atoms with Crippen LogP contribution in [0.3, 0.4) is 0 Å². The molecule has 0 unspecified atom stereocenters. The predicted octanol–water partition coefficient (Wildman–Crippen LogP) is 12.7. The van der Waals surface area contributed by atoms with Gasteiger partial charge in [0.25, 0.3) is 5.69 Å². The molecule has 3 rings (SSSR count). The average Bonchev–Trinajstić information content (AvgIpc) is 3.23. The van der Waals surface area contributed by atoms with Crippen LogP contribution in [-0.4, -0.2) is 62.2 Å². The first-order valence-electron chi connectivity index (χ1n) is 21.6. The second kappa shape index (κ2) is 29.6. The molecule has 0 aliphatic carbocycles. The number of anilines is 5. The third-order valence-corrected chi connectivity index (χ3v) is 10.2. The van der Waals surface area contributed by atoms with Crippen molar-refractivity contribution in [3.05, 3.63) is 82.6 Å². The minimum absolute atomic E-state index is 0.00968. The van der Waals surface area contributed by atoms with Crippen LogP contribution < -0.4 is 30.5 Å². The topological polar surface area (TPSA) is 136 Å². The maximum absolute atomic E-state index is 11.9. The fourth-order valence-corrected chi connectivity index (χ4v) is 6.81. The van der Waals surface area contributed by atoms with Gasteiger partial charge in [-0.25, -0.2) is 0 Å². The Morgan fingerprint density at radius 1 is 0.700 bits per heavy atom. The van der Waals surface area contributed by atoms with Gasteiger partial charge in [-0.3, -0.25) is 20.3 Å². The summed E-state index contributed by atoms with van der Waals surface area (Å²) in [5.74, 6) is 1.60. The minimum Gasteiger partial charge on any atom is -0.495 e. The molecule has 0 bridgehead atoms. The predicted molar refractivity (Wildman–Crippen MR) is 248 cm³/mol. The van der Waals surface area contributed by atoms with Crippen LogP contribution in [0.15, 0.2) is 66.9 Å². The number of nitro groups is 1. The lowest BCUT2D eigenvalue weighted by molar-refractivity contribution is -0.384. The number of rotatable bonds is 34. The molecule has 0 heterocycles. The van der Waals surface area contributed by atoms with E-state index >= 15 is 0 Å². The number of carbonyl (C=O) groups excluding carboxylic acids is 1. The van der Waals surface area contributed by atoms with Crippen molar-refractivity contribution in [2.75, 3.05) is 72.3 Å². The van der Waals surface area contributed by atoms with Crippen molar-refractivity contribution in [1.82, 2.24) is 0 Å². The summed E-state index contributed by atoms with van der Waals surface area (Å²) in [6.45, 7) is 13.1. The smallest absolute Gasteiger partial charge is 0.307 e. The van der Waals surface area contributed by atoms with Crippen molar-refractivity contribution in [2.24, 2.45) is 0 Å². The third kappa shape index (κ3) is 19.2. The highest BCUT2D eigenvalue weighted by molar-refractivity contribution is 6.18. The molecule has 14 heteroatoms. The monoisotopic (exact) mass is 871 g/mol. The van der Waals surface area contributed by atoms with Crippen molar-refractivity contribution < 1.29 is 28.7 Å². The van der Waals surface area contributed by atoms with Crippen LogP contribution in [0, 0.1) is 17.0 Å². The van der Waals surface area contributed by atoms with Gasteiger partial charge in [-0.05, 0) is 55.7 Å². The van der Waals surface area contributed by atoms with E-state index in [1.165, 1.54) is 94.9 Å². The number of allylic oxidation sites excluding steroid dienone is 1. The van der Waals surface area contributed by atoms with E-state index in [4.69, 9.17) is 42.1 Å². The van der Waals surface area contributed by atoms with Gasteiger partial charge < -0.3 is 34.6 Å². The zero-order valence-corrected chi connectivity index (χ0v) is 37.5. The van der Waals surface area contributed by atoms with E-state index in [1.807, 2.05) is 0 Å². The molecule has 60 heavy (non-hydrogen) atoms. The number of carbonyl (C=O) groups is 1. The number of esters is 1. The molecule has 0 aromatic heterocycles. The first kappa shape index (κ1) is 49.8. The molecular formula is C46H67Cl2N5O7. The summed E-state index contributed by atoms with van der Waals surface area (Å²) in [6.07, 6.45) is 15.8. The van der Waals surface area contributed by atoms with Crippen LogP contribution >= 0.6 is 23.2 Å². The van der Waals surface area contributed by atoms with Crippen LogP contribution in [0.5, 0.6) is 11.5 Å². The SMILES string of the molecule is C=C(CCCl)OCCOc1cc(Nc2ccc([N+](=O)[O-])cc2)c(OCCOC(=O)CCCl)cc1NNc1ccc(N(CCCCCCCC)CCCCCCCC)cc1C. The van der Waals surface area contributed by atoms with E-state index in [2.05, 4.69) is 66.6 Å². The van der Waals surface area contributed by atoms with E-state index in [1.54, 1.807) is 24.3 Å². The molecule has 0 atom stereocenters. The Kier molecular flexibility index (Phi) is 24.6. The Labute approximate surface area is 367 Å². The maximum atomic E-state index is 11.9. The standard InChI is InChI=1S/C46H67Cl2N5O7/c1-5-7-9-11-13-15-27-52(28-16-14-12-10-8-6-2)40-21-22-41(36(3)33-40)50-51-43-35-44(58-31-32-60-46(54)24-26-48)42(49-38-17-19-39(20-18-38)53(55)56)34-45(43)59-30-29-57-37(4)23-25-47/h17-22,33-35,49-51H,4-16,23-32H2,1-3H3. The van der Waals surface area contributed by atoms with Gasteiger partial charge in [0.15, 0.2) is 0 Å². The number of alkyl halides is 2. The second-order valence-corrected chi connectivity index (χ2v) is 15.5. The summed E-state index contributed by atoms with van der Waals surface area (Å²) in [6, 6.07) is 16.1. The summed E-state index contributed by atoms with van der Waals surface area (Å²) in [5, 5.41) is 14.6. The van der Waals surface area contributed by atoms with Crippen LogP contribution in [0.2, 0.25) is 0 Å². The molecule has 332 valence electrons. The first-order chi connectivity index (χ1) is 29.2. The number of nitrogens with zero attached hydrogens (tertiary/aromatic N) is 2. The van der Waals surface area contributed by atoms with Gasteiger partial charge in [0.1, 0.15) is 37.9 Å². The molecule has 3 aromatic rings. The summed E-state index contributed by atoms with van der Waals surface area (Å²) in [4.78, 5) is 25.3. The van der Waals surface area contributed by atoms with Crippen molar-refractivity contribution in [3.8, 4) is 11.5 Å². The van der Waals surface area contributed by atoms with E-state index < -0.39 is 10.9 Å². The molecule has 3 aromatic carbocycles. The molecular weight excluding hydrogens is 805 g/mol. The highest BCUT2D eigenvalue weighted by atomic mass is 35.5. The largest absolute Gasteiger partial charge is 0.495 e. The van der Waals surface area contributed by atoms with Crippen LogP contribution in [0.4, 0.5) is 34.1 Å². The number of hydrogen-bond donors (Lipinski definition) is 3. The fourth-order valence-electron chi connectivity index (χ4n) is 6.44. The van der Waals surface area contributed by atoms with Gasteiger partial charge in [0, 0.05) is 66.9 Å². The Morgan fingerprint density at radius 3 is 1.83 bits per heavy atom. The Morgan fingerprint density at radius 2 is 1.25 bits per heavy atom. The number of aryl methyl sites for hydroxylation is 1. The number of nitrogens with one attached hydrogen (secondary N) is 3. The zero-order chi connectivity index (χ0) is 43.4. The summed E-state index contributed by atoms with van der Waals surface area (Å²) >= 11 is 11.5. The number of ether oxygens (including phenoxy) is 4. The molecule has 0 spiro atoms. The fraction of sp³-hybridized carbons (Fsp3) is 0.543. The zero-order valence-electron chi connectivity index (χ0n) is 36.0. The Balaban J connectivity index is 1.87. The maximum Gasteiger partial charge on any atom is 0.307 e. The van der Waals surface area contributed by atoms with Crippen molar-refractivity contribution in [2.45, 2.75) is 111 Å². The van der Waals surface area contributed by atoms with Gasteiger partial charge in [-0.15, -0.1) is 23.2 Å². The van der Waals surface area contributed by atoms with E-state index in [0.29, 0.717) is 46.6 Å². The molecule has 0 saturated carbocycles. The number of halogens is 2. The lowest BCUT2D eigenvalue weighted by Gasteiger charge is -2.26. The summed E-state index contributed by atoms with van der Waals surface area (Å²) in [7, 11) is 0. The summed E-state index contributed by atoms with van der Waals surface area (Å²) < 4.78 is 23.4. The van der Waals surface area contributed by atoms with Crippen LogP contribution in [0.1, 0.15) is 109 Å². The van der Waals surface area contributed by atoms with Crippen molar-refractivity contribution in [3.63, 3.8) is 0 Å². The number of unbranched alkanes of at least 4 members (excludes halogenated alkanes) is 10. The first-order valence-corrected chi connectivity index (χ1v) is 22.7. The van der Waals surface area contributed by atoms with E-state index in [-0.39, 0.29) is 44.4 Å². The lowest BCUT2D eigenvalue weighted by Crippen LogP contribution is -2.26. The van der Waals surface area contributed by atoms with Crippen LogP contribution in [-0.2, 0) is 14.3 Å². The second-order valence-electron chi connectivity index (χ2n) is 14.7. The van der Waals surface area contributed by atoms with Crippen LogP contribution in [0.25, 0.3) is 0 Å². The average molecular weight is 873 g/mol. The molecule has 0 amide bonds. The molecule has 0 saturated heterocycles. The number of hydrazine groups is 1. The number of non-ortho nitro benzene ring substituents is 1. The lowest BCUT2D eigenvalue weighted by atomic mass is 10.1. The Bertz CT molecular complexity index is 1700. The number of benzene rings is 3. The molecule has 3 N–H and O–H groups in total. The minimum atomic E-state index is -0.453. The van der Waals surface area contributed by atoms with E-state index in [0.717, 1.165) is 24.3 Å². The van der Waals surface area contributed by atoms with Gasteiger partial charge in [0.05, 0.1) is 34.2 Å². The van der Waals surface area contributed by atoms with Gasteiger partial charge >= 0.3 is 5.97 Å². The molecule has 12 nitrogen and oxygen atoms in total. The van der Waals surface area contributed by atoms with Gasteiger partial charge in [-0.1, -0.05) is 84.6 Å². The van der Waals surface area contributed by atoms with Gasteiger partial charge in [0.2, 0.25) is 0 Å². The van der Waals surface area contributed by atoms with E-state index in [9.17, 15) is 14.9 Å². The quantitative estimate of drug-likeness (QED) is 0.0132. The Hall–Kier alpha value is -4.55. The molecule has 0 aliphatic rings. The third-order valence-electron chi connectivity index (χ3n) is 9.83. The van der Waals surface area contributed by atoms with Crippen molar-refractivity contribution >= 4 is 63.3 Å². The normalized spacial score (nSPS) is 10.8. The molecule has 0 aliphatic heterocycles. The number of hydrogen-bond acceptors (Lipinski definition) is 11. The highest BCUT2D eigenvalue weighted by Crippen LogP contribution is 2.39. The molecule has 0 fully saturated rings. The summed E-state index contributed by atoms with van der Waals surface area (Å²) in [5.41, 5.74) is 11.5. The van der Waals surface area contributed by atoms with Gasteiger partial charge in [-0.2, -0.15) is 0 Å².